The maximum Gasteiger partial charge on any atom is 0.417 e. The van der Waals surface area contributed by atoms with Gasteiger partial charge in [-0.1, -0.05) is 0 Å². The molecule has 114 valence electrons. The molecule has 0 radical (unpaired) electrons. The maximum atomic E-state index is 12.3. The average Bonchev–Trinajstić information content (AvgIpc) is 3.06. The Bertz CT molecular complexity index is 1160. The van der Waals surface area contributed by atoms with Crippen LogP contribution in [0, 0.1) is 0 Å². The summed E-state index contributed by atoms with van der Waals surface area (Å²) in [6.07, 6.45) is 0. The number of rotatable bonds is 2. The Morgan fingerprint density at radius 1 is 0.870 bits per heavy atom. The van der Waals surface area contributed by atoms with Gasteiger partial charge in [-0.3, -0.25) is 14.8 Å². The molecule has 0 aliphatic rings. The predicted octanol–water partition coefficient (Wildman–Crippen LogP) is 1.81. The van der Waals surface area contributed by atoms with E-state index in [0.29, 0.717) is 33.5 Å². The molecule has 1 amide bonds. The van der Waals surface area contributed by atoms with E-state index in [1.54, 1.807) is 30.3 Å². The zero-order chi connectivity index (χ0) is 16.0. The van der Waals surface area contributed by atoms with Crippen molar-refractivity contribution in [3.05, 3.63) is 63.1 Å². The highest BCUT2D eigenvalue weighted by Crippen LogP contribution is 2.18. The number of hydrogen-bond donors (Lipinski definition) is 3. The summed E-state index contributed by atoms with van der Waals surface area (Å²) in [5.74, 6) is -1.50. The first-order chi connectivity index (χ1) is 11.1. The topological polar surface area (TPSA) is 121 Å². The number of amides is 1. The Labute approximate surface area is 126 Å². The number of anilines is 1. The molecule has 0 saturated heterocycles. The maximum absolute atomic E-state index is 12.3. The van der Waals surface area contributed by atoms with Crippen molar-refractivity contribution in [1.82, 2.24) is 9.97 Å². The molecule has 0 aliphatic heterocycles. The zero-order valence-corrected chi connectivity index (χ0v) is 11.5. The third kappa shape index (κ3) is 2.31. The van der Waals surface area contributed by atoms with Gasteiger partial charge in [-0.15, -0.1) is 0 Å². The van der Waals surface area contributed by atoms with Crippen molar-refractivity contribution < 1.29 is 13.6 Å². The SMILES string of the molecule is O=C(Nc1ccc2oc(=O)[nH]c2c1)c1ccc2oc(=O)[nH]c2c1. The zero-order valence-electron chi connectivity index (χ0n) is 11.5. The highest BCUT2D eigenvalue weighted by atomic mass is 16.4. The Hall–Kier alpha value is -3.55. The van der Waals surface area contributed by atoms with Crippen LogP contribution in [-0.2, 0) is 0 Å². The quantitative estimate of drug-likeness (QED) is 0.521. The van der Waals surface area contributed by atoms with E-state index in [4.69, 9.17) is 8.83 Å². The molecular formula is C15H9N3O5. The largest absolute Gasteiger partial charge is 0.417 e. The van der Waals surface area contributed by atoms with Gasteiger partial charge < -0.3 is 14.2 Å². The van der Waals surface area contributed by atoms with E-state index >= 15 is 0 Å². The second-order valence-electron chi connectivity index (χ2n) is 4.91. The van der Waals surface area contributed by atoms with Crippen LogP contribution in [0.15, 0.2) is 54.8 Å². The first-order valence-corrected chi connectivity index (χ1v) is 6.65. The van der Waals surface area contributed by atoms with E-state index in [1.807, 2.05) is 0 Å². The molecule has 4 aromatic rings. The highest BCUT2D eigenvalue weighted by molar-refractivity contribution is 6.06. The number of hydrogen-bond acceptors (Lipinski definition) is 5. The molecule has 0 fully saturated rings. The average molecular weight is 311 g/mol. The molecule has 0 spiro atoms. The van der Waals surface area contributed by atoms with Crippen LogP contribution < -0.4 is 16.8 Å². The number of aromatic amines is 2. The van der Waals surface area contributed by atoms with Gasteiger partial charge >= 0.3 is 11.5 Å². The van der Waals surface area contributed by atoms with Gasteiger partial charge in [-0.05, 0) is 36.4 Å². The Balaban J connectivity index is 1.66. The second kappa shape index (κ2) is 4.73. The minimum absolute atomic E-state index is 0.357. The third-order valence-corrected chi connectivity index (χ3v) is 3.36. The van der Waals surface area contributed by atoms with Gasteiger partial charge in [-0.2, -0.15) is 0 Å². The van der Waals surface area contributed by atoms with Gasteiger partial charge in [0.15, 0.2) is 11.2 Å². The summed E-state index contributed by atoms with van der Waals surface area (Å²) < 4.78 is 9.78. The fourth-order valence-corrected chi connectivity index (χ4v) is 2.33. The highest BCUT2D eigenvalue weighted by Gasteiger charge is 2.10. The molecule has 0 unspecified atom stereocenters. The molecule has 4 rings (SSSR count). The van der Waals surface area contributed by atoms with Crippen molar-refractivity contribution in [2.75, 3.05) is 5.32 Å². The van der Waals surface area contributed by atoms with Crippen molar-refractivity contribution in [1.29, 1.82) is 0 Å². The third-order valence-electron chi connectivity index (χ3n) is 3.36. The van der Waals surface area contributed by atoms with Crippen LogP contribution >= 0.6 is 0 Å². The lowest BCUT2D eigenvalue weighted by Gasteiger charge is -2.05. The van der Waals surface area contributed by atoms with Gasteiger partial charge in [0.05, 0.1) is 11.0 Å². The van der Waals surface area contributed by atoms with E-state index in [0.717, 1.165) is 0 Å². The van der Waals surface area contributed by atoms with E-state index in [9.17, 15) is 14.4 Å². The van der Waals surface area contributed by atoms with Crippen LogP contribution in [0.2, 0.25) is 0 Å². The summed E-state index contributed by atoms with van der Waals surface area (Å²) in [5.41, 5.74) is 2.57. The number of oxazole rings is 2. The summed E-state index contributed by atoms with van der Waals surface area (Å²) in [4.78, 5) is 39.5. The van der Waals surface area contributed by atoms with Gasteiger partial charge in [-0.25, -0.2) is 9.59 Å². The number of aromatic nitrogens is 2. The van der Waals surface area contributed by atoms with Crippen LogP contribution in [0.1, 0.15) is 10.4 Å². The minimum Gasteiger partial charge on any atom is -0.408 e. The molecule has 2 aromatic heterocycles. The lowest BCUT2D eigenvalue weighted by molar-refractivity contribution is 0.102. The van der Waals surface area contributed by atoms with Gasteiger partial charge in [0.25, 0.3) is 5.91 Å². The van der Waals surface area contributed by atoms with Gasteiger partial charge in [0, 0.05) is 11.3 Å². The van der Waals surface area contributed by atoms with Crippen molar-refractivity contribution >= 4 is 33.8 Å². The lowest BCUT2D eigenvalue weighted by atomic mass is 10.2. The summed E-state index contributed by atoms with van der Waals surface area (Å²) >= 11 is 0. The summed E-state index contributed by atoms with van der Waals surface area (Å²) in [6, 6.07) is 9.41. The van der Waals surface area contributed by atoms with Crippen LogP contribution in [0.5, 0.6) is 0 Å². The second-order valence-corrected chi connectivity index (χ2v) is 4.91. The number of fused-ring (bicyclic) bond motifs is 2. The Morgan fingerprint density at radius 3 is 2.17 bits per heavy atom. The lowest BCUT2D eigenvalue weighted by Crippen LogP contribution is -2.11. The van der Waals surface area contributed by atoms with E-state index in [2.05, 4.69) is 15.3 Å². The normalized spacial score (nSPS) is 11.1. The first kappa shape index (κ1) is 13.1. The van der Waals surface area contributed by atoms with Crippen molar-refractivity contribution in [2.24, 2.45) is 0 Å². The minimum atomic E-state index is -0.577. The molecular weight excluding hydrogens is 302 g/mol. The van der Waals surface area contributed by atoms with E-state index in [1.165, 1.54) is 6.07 Å². The van der Waals surface area contributed by atoms with Gasteiger partial charge in [0.1, 0.15) is 0 Å². The van der Waals surface area contributed by atoms with Crippen molar-refractivity contribution in [2.45, 2.75) is 0 Å². The Morgan fingerprint density at radius 2 is 1.48 bits per heavy atom. The van der Waals surface area contributed by atoms with Crippen LogP contribution in [0.25, 0.3) is 22.2 Å². The number of carbonyl (C=O) groups excluding carboxylic acids is 1. The van der Waals surface area contributed by atoms with Crippen LogP contribution in [-0.4, -0.2) is 15.9 Å². The molecule has 0 atom stereocenters. The van der Waals surface area contributed by atoms with Crippen molar-refractivity contribution in [3.8, 4) is 0 Å². The van der Waals surface area contributed by atoms with Crippen LogP contribution in [0.3, 0.4) is 0 Å². The fourth-order valence-electron chi connectivity index (χ4n) is 2.33. The summed E-state index contributed by atoms with van der Waals surface area (Å²) in [6.45, 7) is 0. The van der Waals surface area contributed by atoms with Crippen molar-refractivity contribution in [3.63, 3.8) is 0 Å². The monoisotopic (exact) mass is 311 g/mol. The number of H-pyrrole nitrogens is 2. The molecule has 23 heavy (non-hydrogen) atoms. The first-order valence-electron chi connectivity index (χ1n) is 6.65. The molecule has 2 aromatic carbocycles. The predicted molar refractivity (Wildman–Crippen MR) is 81.6 cm³/mol. The number of nitrogens with one attached hydrogen (secondary N) is 3. The Kier molecular flexibility index (Phi) is 2.70. The standard InChI is InChI=1S/C15H9N3O5/c19-13(7-1-3-11-9(5-7)17-14(20)22-11)16-8-2-4-12-10(6-8)18-15(21)23-12/h1-6H,(H,16,19)(H,17,20)(H,18,21). The molecule has 2 heterocycles. The van der Waals surface area contributed by atoms with E-state index in [-0.39, 0.29) is 5.91 Å². The molecule has 8 nitrogen and oxygen atoms in total. The molecule has 0 saturated carbocycles. The smallest absolute Gasteiger partial charge is 0.408 e. The molecule has 0 bridgehead atoms. The molecule has 0 aliphatic carbocycles. The fraction of sp³-hybridized carbons (Fsp3) is 0. The van der Waals surface area contributed by atoms with Gasteiger partial charge in [0.2, 0.25) is 0 Å². The van der Waals surface area contributed by atoms with Crippen LogP contribution in [0.4, 0.5) is 5.69 Å². The number of carbonyl (C=O) groups is 1. The van der Waals surface area contributed by atoms with E-state index < -0.39 is 11.5 Å². The summed E-state index contributed by atoms with van der Waals surface area (Å²) in [5, 5.41) is 2.71. The molecule has 3 N–H and O–H groups in total. The number of benzene rings is 2. The molecule has 8 heteroatoms. The summed E-state index contributed by atoms with van der Waals surface area (Å²) in [7, 11) is 0.